The molecular formula is C16H11N3O3. The molecule has 1 aliphatic heterocycles. The number of anilines is 2. The maximum atomic E-state index is 12.4. The molecule has 0 radical (unpaired) electrons. The second-order valence-corrected chi connectivity index (χ2v) is 4.66. The molecule has 22 heavy (non-hydrogen) atoms. The van der Waals surface area contributed by atoms with Crippen LogP contribution in [-0.2, 0) is 4.79 Å². The molecule has 2 aromatic rings. The molecule has 108 valence electrons. The number of hydrogen-bond acceptors (Lipinski definition) is 4. The lowest BCUT2D eigenvalue weighted by Gasteiger charge is -2.20. The number of fused-ring (bicyclic) bond motifs is 1. The number of nitrogens with one attached hydrogen (secondary N) is 2. The van der Waals surface area contributed by atoms with Crippen LogP contribution in [-0.4, -0.2) is 18.4 Å². The largest absolute Gasteiger partial charge is 0.481 e. The first-order valence-electron chi connectivity index (χ1n) is 6.54. The summed E-state index contributed by atoms with van der Waals surface area (Å²) in [4.78, 5) is 23.6. The standard InChI is InChI=1S/C16H11N3O3/c17-8-10-4-6-11(7-5-10)18-16(21)12-2-1-3-13-15(12)22-9-14(20)19-13/h1-7H,9H2,(H,18,21)(H,19,20). The number of para-hydroxylation sites is 1. The molecule has 0 saturated heterocycles. The van der Waals surface area contributed by atoms with Crippen LogP contribution in [0.3, 0.4) is 0 Å². The monoisotopic (exact) mass is 293 g/mol. The van der Waals surface area contributed by atoms with Gasteiger partial charge in [0.2, 0.25) is 0 Å². The van der Waals surface area contributed by atoms with Crippen molar-refractivity contribution in [3.63, 3.8) is 0 Å². The van der Waals surface area contributed by atoms with E-state index >= 15 is 0 Å². The van der Waals surface area contributed by atoms with E-state index in [1.54, 1.807) is 42.5 Å². The summed E-state index contributed by atoms with van der Waals surface area (Å²) in [6.45, 7) is -0.117. The molecule has 0 atom stereocenters. The van der Waals surface area contributed by atoms with E-state index in [0.29, 0.717) is 28.3 Å². The van der Waals surface area contributed by atoms with Gasteiger partial charge >= 0.3 is 0 Å². The number of amides is 2. The molecule has 0 fully saturated rings. The predicted molar refractivity (Wildman–Crippen MR) is 79.7 cm³/mol. The van der Waals surface area contributed by atoms with Crippen molar-refractivity contribution in [1.82, 2.24) is 0 Å². The van der Waals surface area contributed by atoms with Crippen LogP contribution in [0.25, 0.3) is 0 Å². The molecule has 0 unspecified atom stereocenters. The quantitative estimate of drug-likeness (QED) is 0.887. The lowest BCUT2D eigenvalue weighted by atomic mass is 10.1. The predicted octanol–water partition coefficient (Wildman–Crippen LogP) is 2.14. The lowest BCUT2D eigenvalue weighted by Crippen LogP contribution is -2.27. The highest BCUT2D eigenvalue weighted by atomic mass is 16.5. The third-order valence-electron chi connectivity index (χ3n) is 3.15. The highest BCUT2D eigenvalue weighted by Gasteiger charge is 2.22. The Hall–Kier alpha value is -3.33. The zero-order chi connectivity index (χ0) is 15.5. The minimum Gasteiger partial charge on any atom is -0.481 e. The van der Waals surface area contributed by atoms with Crippen LogP contribution < -0.4 is 15.4 Å². The van der Waals surface area contributed by atoms with Gasteiger partial charge in [0.1, 0.15) is 0 Å². The normalized spacial score (nSPS) is 12.4. The Morgan fingerprint density at radius 2 is 2.00 bits per heavy atom. The Kier molecular flexibility index (Phi) is 3.46. The number of ether oxygens (including phenoxy) is 1. The number of nitrogens with zero attached hydrogens (tertiary/aromatic N) is 1. The number of carbonyl (C=O) groups is 2. The number of carbonyl (C=O) groups excluding carboxylic acids is 2. The van der Waals surface area contributed by atoms with Crippen molar-refractivity contribution in [3.8, 4) is 11.8 Å². The van der Waals surface area contributed by atoms with E-state index in [1.165, 1.54) is 0 Å². The molecule has 6 heteroatoms. The SMILES string of the molecule is N#Cc1ccc(NC(=O)c2cccc3c2OCC(=O)N3)cc1. The van der Waals surface area contributed by atoms with E-state index < -0.39 is 0 Å². The van der Waals surface area contributed by atoms with Crippen molar-refractivity contribution in [2.75, 3.05) is 17.2 Å². The van der Waals surface area contributed by atoms with Crippen molar-refractivity contribution < 1.29 is 14.3 Å². The Morgan fingerprint density at radius 1 is 1.23 bits per heavy atom. The molecular weight excluding hydrogens is 282 g/mol. The van der Waals surface area contributed by atoms with Crippen molar-refractivity contribution in [3.05, 3.63) is 53.6 Å². The molecule has 0 saturated carbocycles. The summed E-state index contributed by atoms with van der Waals surface area (Å²) in [5, 5.41) is 14.1. The summed E-state index contributed by atoms with van der Waals surface area (Å²) in [6, 6.07) is 13.5. The third kappa shape index (κ3) is 2.60. The fourth-order valence-corrected chi connectivity index (χ4v) is 2.12. The highest BCUT2D eigenvalue weighted by Crippen LogP contribution is 2.31. The fraction of sp³-hybridized carbons (Fsp3) is 0.0625. The molecule has 0 bridgehead atoms. The molecule has 2 N–H and O–H groups in total. The first-order chi connectivity index (χ1) is 10.7. The first kappa shape index (κ1) is 13.6. The Morgan fingerprint density at radius 3 is 2.73 bits per heavy atom. The third-order valence-corrected chi connectivity index (χ3v) is 3.15. The second-order valence-electron chi connectivity index (χ2n) is 4.66. The van der Waals surface area contributed by atoms with Gasteiger partial charge in [0.15, 0.2) is 12.4 Å². The van der Waals surface area contributed by atoms with Gasteiger partial charge in [-0.05, 0) is 36.4 Å². The summed E-state index contributed by atoms with van der Waals surface area (Å²) in [5.74, 6) is -0.247. The van der Waals surface area contributed by atoms with Gasteiger partial charge in [0.25, 0.3) is 11.8 Å². The van der Waals surface area contributed by atoms with Crippen LogP contribution in [0.5, 0.6) is 5.75 Å². The summed E-state index contributed by atoms with van der Waals surface area (Å²) in [7, 11) is 0. The van der Waals surface area contributed by atoms with Gasteiger partial charge in [-0.15, -0.1) is 0 Å². The smallest absolute Gasteiger partial charge is 0.262 e. The topological polar surface area (TPSA) is 91.2 Å². The van der Waals surface area contributed by atoms with Crippen molar-refractivity contribution >= 4 is 23.2 Å². The highest BCUT2D eigenvalue weighted by molar-refractivity contribution is 6.09. The molecule has 1 aliphatic rings. The molecule has 2 amide bonds. The van der Waals surface area contributed by atoms with E-state index in [4.69, 9.17) is 10.00 Å². The summed E-state index contributed by atoms with van der Waals surface area (Å²) >= 11 is 0. The number of rotatable bonds is 2. The number of benzene rings is 2. The van der Waals surface area contributed by atoms with Crippen LogP contribution in [0.2, 0.25) is 0 Å². The maximum absolute atomic E-state index is 12.4. The minimum absolute atomic E-state index is 0.117. The minimum atomic E-state index is -0.349. The van der Waals surface area contributed by atoms with Gasteiger partial charge in [-0.2, -0.15) is 5.26 Å². The van der Waals surface area contributed by atoms with E-state index in [1.807, 2.05) is 6.07 Å². The average Bonchev–Trinajstić information content (AvgIpc) is 2.54. The summed E-state index contributed by atoms with van der Waals surface area (Å²) in [6.07, 6.45) is 0. The number of nitriles is 1. The van der Waals surface area contributed by atoms with Gasteiger partial charge in [-0.25, -0.2) is 0 Å². The molecule has 3 rings (SSSR count). The van der Waals surface area contributed by atoms with Gasteiger partial charge < -0.3 is 15.4 Å². The zero-order valence-electron chi connectivity index (χ0n) is 11.4. The molecule has 0 spiro atoms. The molecule has 2 aromatic carbocycles. The molecule has 6 nitrogen and oxygen atoms in total. The van der Waals surface area contributed by atoms with E-state index in [9.17, 15) is 9.59 Å². The van der Waals surface area contributed by atoms with Crippen molar-refractivity contribution in [1.29, 1.82) is 5.26 Å². The maximum Gasteiger partial charge on any atom is 0.262 e. The van der Waals surface area contributed by atoms with Crippen LogP contribution in [0.4, 0.5) is 11.4 Å². The van der Waals surface area contributed by atoms with E-state index in [0.717, 1.165) is 0 Å². The first-order valence-corrected chi connectivity index (χ1v) is 6.54. The Labute approximate surface area is 126 Å². The van der Waals surface area contributed by atoms with Gasteiger partial charge in [0.05, 0.1) is 22.9 Å². The number of hydrogen-bond donors (Lipinski definition) is 2. The zero-order valence-corrected chi connectivity index (χ0v) is 11.4. The van der Waals surface area contributed by atoms with Crippen LogP contribution >= 0.6 is 0 Å². The summed E-state index contributed by atoms with van der Waals surface area (Å²) < 4.78 is 5.35. The van der Waals surface area contributed by atoms with Crippen molar-refractivity contribution in [2.45, 2.75) is 0 Å². The van der Waals surface area contributed by atoms with E-state index in [-0.39, 0.29) is 18.4 Å². The van der Waals surface area contributed by atoms with Gasteiger partial charge in [0, 0.05) is 5.69 Å². The molecule has 0 aliphatic carbocycles. The molecule has 1 heterocycles. The van der Waals surface area contributed by atoms with Gasteiger partial charge in [-0.3, -0.25) is 9.59 Å². The summed E-state index contributed by atoms with van der Waals surface area (Å²) in [5.41, 5.74) is 1.90. The van der Waals surface area contributed by atoms with Crippen molar-refractivity contribution in [2.24, 2.45) is 0 Å². The van der Waals surface area contributed by atoms with Gasteiger partial charge in [-0.1, -0.05) is 6.07 Å². The van der Waals surface area contributed by atoms with E-state index in [2.05, 4.69) is 10.6 Å². The van der Waals surface area contributed by atoms with Crippen LogP contribution in [0.15, 0.2) is 42.5 Å². The lowest BCUT2D eigenvalue weighted by molar-refractivity contribution is -0.118. The van der Waals surface area contributed by atoms with Crippen LogP contribution in [0.1, 0.15) is 15.9 Å². The Bertz CT molecular complexity index is 791. The average molecular weight is 293 g/mol. The Balaban J connectivity index is 1.85. The molecule has 0 aromatic heterocycles. The second kappa shape index (κ2) is 5.58. The van der Waals surface area contributed by atoms with Crippen LogP contribution in [0, 0.1) is 11.3 Å². The fourth-order valence-electron chi connectivity index (χ4n) is 2.12.